The molecule has 0 saturated carbocycles. The van der Waals surface area contributed by atoms with Crippen molar-refractivity contribution in [3.63, 3.8) is 0 Å². The van der Waals surface area contributed by atoms with Gasteiger partial charge in [-0.2, -0.15) is 0 Å². The fourth-order valence-electron chi connectivity index (χ4n) is 2.08. The molecule has 0 spiro atoms. The Bertz CT molecular complexity index is 866. The molecule has 2 aromatic carbocycles. The third kappa shape index (κ3) is 3.61. The maximum Gasteiger partial charge on any atom is 0.363 e. The van der Waals surface area contributed by atoms with E-state index in [-0.39, 0.29) is 17.3 Å². The van der Waals surface area contributed by atoms with Crippen LogP contribution in [0.5, 0.6) is 0 Å². The lowest BCUT2D eigenvalue weighted by molar-refractivity contribution is -0.384. The Balaban J connectivity index is 1.76. The average molecular weight is 320 g/mol. The van der Waals surface area contributed by atoms with Crippen molar-refractivity contribution in [3.05, 3.63) is 87.6 Å². The Morgan fingerprint density at radius 3 is 2.33 bits per heavy atom. The van der Waals surface area contributed by atoms with Gasteiger partial charge in [0.2, 0.25) is 5.90 Å². The fraction of sp³-hybridized carbons (Fsp3) is 0. The summed E-state index contributed by atoms with van der Waals surface area (Å²) < 4.78 is 5.08. The quantitative estimate of drug-likeness (QED) is 0.373. The number of nitrogens with zero attached hydrogens (tertiary/aromatic N) is 2. The molecule has 0 aliphatic carbocycles. The molecule has 24 heavy (non-hydrogen) atoms. The summed E-state index contributed by atoms with van der Waals surface area (Å²) in [6, 6.07) is 15.4. The van der Waals surface area contributed by atoms with Gasteiger partial charge in [-0.05, 0) is 35.4 Å². The van der Waals surface area contributed by atoms with E-state index >= 15 is 0 Å². The van der Waals surface area contributed by atoms with E-state index in [1.165, 1.54) is 12.1 Å². The summed E-state index contributed by atoms with van der Waals surface area (Å²) in [5, 5.41) is 10.6. The van der Waals surface area contributed by atoms with E-state index in [0.29, 0.717) is 0 Å². The van der Waals surface area contributed by atoms with Crippen LogP contribution in [0.4, 0.5) is 5.69 Å². The highest BCUT2D eigenvalue weighted by atomic mass is 16.6. The van der Waals surface area contributed by atoms with Crippen molar-refractivity contribution < 1.29 is 14.5 Å². The third-order valence-electron chi connectivity index (χ3n) is 3.26. The van der Waals surface area contributed by atoms with Crippen LogP contribution >= 0.6 is 0 Å². The van der Waals surface area contributed by atoms with Crippen molar-refractivity contribution in [2.75, 3.05) is 0 Å². The van der Waals surface area contributed by atoms with E-state index in [4.69, 9.17) is 4.74 Å². The van der Waals surface area contributed by atoms with Gasteiger partial charge in [-0.25, -0.2) is 9.79 Å². The molecule has 0 radical (unpaired) electrons. The molecule has 6 heteroatoms. The monoisotopic (exact) mass is 320 g/mol. The summed E-state index contributed by atoms with van der Waals surface area (Å²) in [5.41, 5.74) is 1.84. The number of ether oxygens (including phenoxy) is 1. The average Bonchev–Trinajstić information content (AvgIpc) is 2.94. The SMILES string of the molecule is O=C1OC(/C=C/c2ccc([N+](=O)[O-])cc2)=NC/1=C/c1ccccc1. The van der Waals surface area contributed by atoms with Gasteiger partial charge in [0.05, 0.1) is 4.92 Å². The predicted molar refractivity (Wildman–Crippen MR) is 90.1 cm³/mol. The molecule has 3 rings (SSSR count). The molecule has 0 aromatic heterocycles. The minimum atomic E-state index is -0.512. The lowest BCUT2D eigenvalue weighted by Crippen LogP contribution is -2.01. The van der Waals surface area contributed by atoms with Gasteiger partial charge < -0.3 is 4.74 Å². The van der Waals surface area contributed by atoms with Gasteiger partial charge in [-0.15, -0.1) is 0 Å². The zero-order valence-electron chi connectivity index (χ0n) is 12.5. The van der Waals surface area contributed by atoms with Gasteiger partial charge in [0.1, 0.15) is 0 Å². The number of rotatable bonds is 4. The summed E-state index contributed by atoms with van der Waals surface area (Å²) in [6.45, 7) is 0. The van der Waals surface area contributed by atoms with E-state index in [0.717, 1.165) is 11.1 Å². The molecule has 0 fully saturated rings. The smallest absolute Gasteiger partial charge is 0.363 e. The highest BCUT2D eigenvalue weighted by Crippen LogP contribution is 2.17. The van der Waals surface area contributed by atoms with Gasteiger partial charge in [-0.1, -0.05) is 30.3 Å². The van der Waals surface area contributed by atoms with Crippen LogP contribution in [-0.2, 0) is 9.53 Å². The Labute approximate surface area is 137 Å². The van der Waals surface area contributed by atoms with Gasteiger partial charge in [0.15, 0.2) is 5.70 Å². The van der Waals surface area contributed by atoms with E-state index in [1.807, 2.05) is 30.3 Å². The molecular formula is C18H12N2O4. The van der Waals surface area contributed by atoms with Crippen molar-refractivity contribution >= 4 is 29.7 Å². The molecular weight excluding hydrogens is 308 g/mol. The van der Waals surface area contributed by atoms with Crippen molar-refractivity contribution in [3.8, 4) is 0 Å². The van der Waals surface area contributed by atoms with Gasteiger partial charge in [-0.3, -0.25) is 10.1 Å². The van der Waals surface area contributed by atoms with Crippen LogP contribution in [0.2, 0.25) is 0 Å². The van der Waals surface area contributed by atoms with Crippen molar-refractivity contribution in [1.29, 1.82) is 0 Å². The second-order valence-corrected chi connectivity index (χ2v) is 4.96. The zero-order chi connectivity index (χ0) is 16.9. The maximum atomic E-state index is 11.8. The normalized spacial score (nSPS) is 15.6. The first kappa shape index (κ1) is 15.4. The first-order valence-corrected chi connectivity index (χ1v) is 7.12. The molecule has 1 aliphatic heterocycles. The first-order chi connectivity index (χ1) is 11.6. The zero-order valence-corrected chi connectivity index (χ0v) is 12.5. The molecule has 0 atom stereocenters. The molecule has 1 aliphatic rings. The number of benzene rings is 2. The Kier molecular flexibility index (Phi) is 4.29. The number of hydrogen-bond donors (Lipinski definition) is 0. The maximum absolute atomic E-state index is 11.8. The van der Waals surface area contributed by atoms with Gasteiger partial charge in [0.25, 0.3) is 5.69 Å². The van der Waals surface area contributed by atoms with Crippen LogP contribution in [-0.4, -0.2) is 16.8 Å². The van der Waals surface area contributed by atoms with Crippen LogP contribution in [0.3, 0.4) is 0 Å². The number of esters is 1. The van der Waals surface area contributed by atoms with Crippen molar-refractivity contribution in [2.24, 2.45) is 4.99 Å². The van der Waals surface area contributed by atoms with Crippen LogP contribution in [0.1, 0.15) is 11.1 Å². The molecule has 0 saturated heterocycles. The Morgan fingerprint density at radius 1 is 0.958 bits per heavy atom. The third-order valence-corrected chi connectivity index (χ3v) is 3.26. The molecule has 0 amide bonds. The number of non-ortho nitro benzene ring substituents is 1. The number of cyclic esters (lactones) is 1. The van der Waals surface area contributed by atoms with Crippen LogP contribution in [0, 0.1) is 10.1 Å². The summed E-state index contributed by atoms with van der Waals surface area (Å²) in [7, 11) is 0. The van der Waals surface area contributed by atoms with Crippen molar-refractivity contribution in [2.45, 2.75) is 0 Å². The number of hydrogen-bond acceptors (Lipinski definition) is 5. The van der Waals surface area contributed by atoms with Gasteiger partial charge in [0, 0.05) is 18.2 Å². The van der Waals surface area contributed by atoms with E-state index in [9.17, 15) is 14.9 Å². The van der Waals surface area contributed by atoms with Crippen LogP contribution < -0.4 is 0 Å². The summed E-state index contributed by atoms with van der Waals surface area (Å²) >= 11 is 0. The van der Waals surface area contributed by atoms with Gasteiger partial charge >= 0.3 is 5.97 Å². The Hall–Kier alpha value is -3.54. The van der Waals surface area contributed by atoms with Crippen LogP contribution in [0.25, 0.3) is 12.2 Å². The lowest BCUT2D eigenvalue weighted by atomic mass is 10.2. The van der Waals surface area contributed by atoms with Crippen LogP contribution in [0.15, 0.2) is 71.4 Å². The molecule has 0 N–H and O–H groups in total. The Morgan fingerprint density at radius 2 is 1.67 bits per heavy atom. The second kappa shape index (κ2) is 6.70. The van der Waals surface area contributed by atoms with E-state index in [2.05, 4.69) is 4.99 Å². The highest BCUT2D eigenvalue weighted by molar-refractivity contribution is 6.11. The molecule has 118 valence electrons. The second-order valence-electron chi connectivity index (χ2n) is 4.96. The minimum Gasteiger partial charge on any atom is -0.403 e. The first-order valence-electron chi connectivity index (χ1n) is 7.12. The largest absolute Gasteiger partial charge is 0.403 e. The van der Waals surface area contributed by atoms with E-state index < -0.39 is 10.9 Å². The molecule has 1 heterocycles. The summed E-state index contributed by atoms with van der Waals surface area (Å²) in [4.78, 5) is 26.1. The molecule has 0 unspecified atom stereocenters. The summed E-state index contributed by atoms with van der Waals surface area (Å²) in [5.74, 6) is -0.331. The van der Waals surface area contributed by atoms with Crippen molar-refractivity contribution in [1.82, 2.24) is 0 Å². The highest BCUT2D eigenvalue weighted by Gasteiger charge is 2.20. The number of carbonyl (C=O) groups is 1. The fourth-order valence-corrected chi connectivity index (χ4v) is 2.08. The number of nitro benzene ring substituents is 1. The topological polar surface area (TPSA) is 81.8 Å². The number of carbonyl (C=O) groups excluding carboxylic acids is 1. The minimum absolute atomic E-state index is 0.0184. The number of aliphatic imine (C=N–C) groups is 1. The number of nitro groups is 1. The molecule has 0 bridgehead atoms. The predicted octanol–water partition coefficient (Wildman–Crippen LogP) is 3.60. The summed E-state index contributed by atoms with van der Waals surface area (Å²) in [6.07, 6.45) is 4.86. The molecule has 6 nitrogen and oxygen atoms in total. The van der Waals surface area contributed by atoms with E-state index in [1.54, 1.807) is 30.4 Å². The molecule has 2 aromatic rings. The standard InChI is InChI=1S/C18H12N2O4/c21-18-16(12-14-4-2-1-3-5-14)19-17(24-18)11-8-13-6-9-15(10-7-13)20(22)23/h1-12H/b11-8+,16-12+. The lowest BCUT2D eigenvalue weighted by Gasteiger charge is -1.94.